The van der Waals surface area contributed by atoms with E-state index in [1.54, 1.807) is 18.3 Å². The van der Waals surface area contributed by atoms with Gasteiger partial charge in [0.25, 0.3) is 5.91 Å². The van der Waals surface area contributed by atoms with Crippen LogP contribution in [0.3, 0.4) is 0 Å². The van der Waals surface area contributed by atoms with Crippen LogP contribution < -0.4 is 10.1 Å². The maximum absolute atomic E-state index is 12.0. The van der Waals surface area contributed by atoms with Crippen LogP contribution in [0.25, 0.3) is 0 Å². The van der Waals surface area contributed by atoms with Gasteiger partial charge < -0.3 is 15.2 Å². The van der Waals surface area contributed by atoms with Crippen LogP contribution in [0.5, 0.6) is 5.75 Å². The van der Waals surface area contributed by atoms with Gasteiger partial charge in [-0.2, -0.15) is 0 Å². The maximum atomic E-state index is 12.0. The lowest BCUT2D eigenvalue weighted by atomic mass is 9.89. The van der Waals surface area contributed by atoms with E-state index in [-0.39, 0.29) is 17.9 Å². The van der Waals surface area contributed by atoms with Gasteiger partial charge in [0.1, 0.15) is 0 Å². The molecule has 1 rings (SSSR count). The molecule has 5 heteroatoms. The zero-order valence-electron chi connectivity index (χ0n) is 12.5. The number of carbonyl (C=O) groups is 1. The highest BCUT2D eigenvalue weighted by Gasteiger charge is 2.17. The summed E-state index contributed by atoms with van der Waals surface area (Å²) in [6.45, 7) is 7.07. The molecule has 2 N–H and O–H groups in total. The van der Waals surface area contributed by atoms with E-state index in [0.717, 1.165) is 12.8 Å². The Morgan fingerprint density at radius 1 is 1.50 bits per heavy atom. The van der Waals surface area contributed by atoms with Crippen molar-refractivity contribution in [3.63, 3.8) is 0 Å². The largest absolute Gasteiger partial charge is 0.491 e. The Morgan fingerprint density at radius 3 is 2.90 bits per heavy atom. The molecule has 0 aromatic carbocycles. The number of aliphatic hydroxyl groups is 1. The molecule has 1 aromatic heterocycles. The van der Waals surface area contributed by atoms with Crippen LogP contribution in [-0.4, -0.2) is 35.8 Å². The minimum atomic E-state index is -0.226. The average Bonchev–Trinajstić information content (AvgIpc) is 2.44. The maximum Gasteiger partial charge on any atom is 0.273 e. The Hall–Kier alpha value is -1.62. The molecule has 0 unspecified atom stereocenters. The number of aromatic nitrogens is 1. The third kappa shape index (κ3) is 5.17. The van der Waals surface area contributed by atoms with Crippen LogP contribution in [0.2, 0.25) is 0 Å². The monoisotopic (exact) mass is 280 g/mol. The normalized spacial score (nSPS) is 11.2. The highest BCUT2D eigenvalue weighted by Crippen LogP contribution is 2.20. The first kappa shape index (κ1) is 16.4. The molecule has 0 atom stereocenters. The molecule has 0 aliphatic carbocycles. The molecule has 112 valence electrons. The Kier molecular flexibility index (Phi) is 6.45. The summed E-state index contributed by atoms with van der Waals surface area (Å²) in [7, 11) is 0. The van der Waals surface area contributed by atoms with Gasteiger partial charge in [-0.1, -0.05) is 13.8 Å². The molecule has 20 heavy (non-hydrogen) atoms. The van der Waals surface area contributed by atoms with Crippen molar-refractivity contribution >= 4 is 5.91 Å². The lowest BCUT2D eigenvalue weighted by molar-refractivity contribution is 0.0939. The van der Waals surface area contributed by atoms with Gasteiger partial charge in [-0.05, 0) is 37.3 Å². The molecule has 1 amide bonds. The van der Waals surface area contributed by atoms with Gasteiger partial charge in [0.05, 0.1) is 6.61 Å². The standard InChI is InChI=1S/C15H24N2O3/c1-4-20-12-7-5-9-16-13(12)14(19)17-10-6-8-15(2,3)11-18/h5,7,9,18H,4,6,8,10-11H2,1-3H3,(H,17,19). The second-order valence-corrected chi connectivity index (χ2v) is 5.46. The molecule has 1 heterocycles. The predicted molar refractivity (Wildman–Crippen MR) is 77.8 cm³/mol. The summed E-state index contributed by atoms with van der Waals surface area (Å²) in [5.41, 5.74) is 0.211. The Bertz CT molecular complexity index is 433. The van der Waals surface area contributed by atoms with Crippen LogP contribution in [0.1, 0.15) is 44.1 Å². The highest BCUT2D eigenvalue weighted by molar-refractivity contribution is 5.94. The van der Waals surface area contributed by atoms with Gasteiger partial charge in [-0.3, -0.25) is 4.79 Å². The number of nitrogens with one attached hydrogen (secondary N) is 1. The summed E-state index contributed by atoms with van der Waals surface area (Å²) in [5, 5.41) is 12.0. The third-order valence-electron chi connectivity index (χ3n) is 3.03. The minimum absolute atomic E-state index is 0.105. The van der Waals surface area contributed by atoms with Gasteiger partial charge in [-0.15, -0.1) is 0 Å². The molecular weight excluding hydrogens is 256 g/mol. The Balaban J connectivity index is 2.47. The molecule has 0 saturated heterocycles. The molecule has 0 saturated carbocycles. The lowest BCUT2D eigenvalue weighted by Crippen LogP contribution is -2.27. The number of hydrogen-bond acceptors (Lipinski definition) is 4. The van der Waals surface area contributed by atoms with Crippen molar-refractivity contribution in [1.82, 2.24) is 10.3 Å². The topological polar surface area (TPSA) is 71.5 Å². The number of aliphatic hydroxyl groups excluding tert-OH is 1. The van der Waals surface area contributed by atoms with E-state index >= 15 is 0 Å². The summed E-state index contributed by atoms with van der Waals surface area (Å²) in [5.74, 6) is 0.277. The minimum Gasteiger partial charge on any atom is -0.491 e. The Labute approximate surface area is 120 Å². The summed E-state index contributed by atoms with van der Waals surface area (Å²) >= 11 is 0. The molecule has 0 bridgehead atoms. The molecule has 0 fully saturated rings. The molecule has 5 nitrogen and oxygen atoms in total. The number of amides is 1. The van der Waals surface area contributed by atoms with Crippen LogP contribution in [-0.2, 0) is 0 Å². The smallest absolute Gasteiger partial charge is 0.273 e. The molecule has 0 spiro atoms. The molecule has 0 aliphatic heterocycles. The number of hydrogen-bond donors (Lipinski definition) is 2. The van der Waals surface area contributed by atoms with Gasteiger partial charge in [0.15, 0.2) is 11.4 Å². The summed E-state index contributed by atoms with van der Waals surface area (Å²) in [6, 6.07) is 3.48. The van der Waals surface area contributed by atoms with E-state index in [0.29, 0.717) is 24.6 Å². The molecule has 0 aliphatic rings. The fraction of sp³-hybridized carbons (Fsp3) is 0.600. The van der Waals surface area contributed by atoms with Crippen LogP contribution in [0.4, 0.5) is 0 Å². The van der Waals surface area contributed by atoms with E-state index < -0.39 is 0 Å². The summed E-state index contributed by atoms with van der Waals surface area (Å²) < 4.78 is 5.38. The zero-order chi connectivity index (χ0) is 15.0. The Morgan fingerprint density at radius 2 is 2.25 bits per heavy atom. The SMILES string of the molecule is CCOc1cccnc1C(=O)NCCCC(C)(C)CO. The molecular formula is C15H24N2O3. The quantitative estimate of drug-likeness (QED) is 0.715. The van der Waals surface area contributed by atoms with Crippen molar-refractivity contribution in [2.24, 2.45) is 5.41 Å². The third-order valence-corrected chi connectivity index (χ3v) is 3.03. The summed E-state index contributed by atoms with van der Waals surface area (Å²) in [4.78, 5) is 16.1. The van der Waals surface area contributed by atoms with Crippen LogP contribution in [0, 0.1) is 5.41 Å². The number of ether oxygens (including phenoxy) is 1. The first-order chi connectivity index (χ1) is 9.50. The van der Waals surface area contributed by atoms with E-state index in [1.165, 1.54) is 0 Å². The fourth-order valence-corrected chi connectivity index (χ4v) is 1.76. The van der Waals surface area contributed by atoms with Crippen molar-refractivity contribution < 1.29 is 14.6 Å². The van der Waals surface area contributed by atoms with Crippen molar-refractivity contribution in [2.45, 2.75) is 33.6 Å². The molecule has 0 radical (unpaired) electrons. The van der Waals surface area contributed by atoms with Crippen molar-refractivity contribution in [3.8, 4) is 5.75 Å². The van der Waals surface area contributed by atoms with E-state index in [2.05, 4.69) is 10.3 Å². The van der Waals surface area contributed by atoms with E-state index in [1.807, 2.05) is 20.8 Å². The van der Waals surface area contributed by atoms with Crippen LogP contribution in [0.15, 0.2) is 18.3 Å². The fourth-order valence-electron chi connectivity index (χ4n) is 1.76. The van der Waals surface area contributed by atoms with Crippen molar-refractivity contribution in [2.75, 3.05) is 19.8 Å². The first-order valence-electron chi connectivity index (χ1n) is 6.97. The van der Waals surface area contributed by atoms with Gasteiger partial charge >= 0.3 is 0 Å². The number of nitrogens with zero attached hydrogens (tertiary/aromatic N) is 1. The van der Waals surface area contributed by atoms with Crippen molar-refractivity contribution in [1.29, 1.82) is 0 Å². The van der Waals surface area contributed by atoms with E-state index in [4.69, 9.17) is 9.84 Å². The average molecular weight is 280 g/mol. The first-order valence-corrected chi connectivity index (χ1v) is 6.97. The van der Waals surface area contributed by atoms with Crippen LogP contribution >= 0.6 is 0 Å². The lowest BCUT2D eigenvalue weighted by Gasteiger charge is -2.21. The number of carbonyl (C=O) groups excluding carboxylic acids is 1. The van der Waals surface area contributed by atoms with Gasteiger partial charge in [-0.25, -0.2) is 4.98 Å². The number of pyridine rings is 1. The van der Waals surface area contributed by atoms with Gasteiger partial charge in [0, 0.05) is 19.3 Å². The number of rotatable bonds is 8. The molecule has 1 aromatic rings. The predicted octanol–water partition coefficient (Wildman–Crippen LogP) is 2.01. The second kappa shape index (κ2) is 7.85. The highest BCUT2D eigenvalue weighted by atomic mass is 16.5. The zero-order valence-corrected chi connectivity index (χ0v) is 12.5. The summed E-state index contributed by atoms with van der Waals surface area (Å²) in [6.07, 6.45) is 3.24. The van der Waals surface area contributed by atoms with E-state index in [9.17, 15) is 4.79 Å². The van der Waals surface area contributed by atoms with Gasteiger partial charge in [0.2, 0.25) is 0 Å². The van der Waals surface area contributed by atoms with Crippen molar-refractivity contribution in [3.05, 3.63) is 24.0 Å². The second-order valence-electron chi connectivity index (χ2n) is 5.46.